The normalized spacial score (nSPS) is 10.9. The predicted molar refractivity (Wildman–Crippen MR) is 93.8 cm³/mol. The molecule has 0 aliphatic carbocycles. The fourth-order valence-corrected chi connectivity index (χ4v) is 2.73. The van der Waals surface area contributed by atoms with Crippen LogP contribution in [0.2, 0.25) is 0 Å². The molecule has 2 aromatic carbocycles. The van der Waals surface area contributed by atoms with Crippen molar-refractivity contribution in [2.24, 2.45) is 0 Å². The molecule has 1 heterocycles. The fraction of sp³-hybridized carbons (Fsp3) is 0.250. The highest BCUT2D eigenvalue weighted by Gasteiger charge is 2.13. The molecule has 1 amide bonds. The second-order valence-electron chi connectivity index (χ2n) is 5.92. The number of nitrogens with one attached hydrogen (secondary N) is 1. The van der Waals surface area contributed by atoms with Gasteiger partial charge in [-0.25, -0.2) is 0 Å². The maximum atomic E-state index is 12.3. The van der Waals surface area contributed by atoms with Gasteiger partial charge in [0.25, 0.3) is 0 Å². The maximum Gasteiger partial charge on any atom is 0.228 e. The van der Waals surface area contributed by atoms with E-state index in [1.807, 2.05) is 37.3 Å². The summed E-state index contributed by atoms with van der Waals surface area (Å²) in [5.74, 6) is -0.0322. The van der Waals surface area contributed by atoms with Gasteiger partial charge < -0.3 is 9.73 Å². The van der Waals surface area contributed by atoms with Crippen LogP contribution in [0.15, 0.2) is 47.1 Å². The van der Waals surface area contributed by atoms with Crippen LogP contribution in [0, 0.1) is 13.8 Å². The lowest BCUT2D eigenvalue weighted by Gasteiger charge is -2.06. The minimum atomic E-state index is -0.0322. The van der Waals surface area contributed by atoms with Gasteiger partial charge >= 0.3 is 0 Å². The lowest BCUT2D eigenvalue weighted by Crippen LogP contribution is -2.14. The minimum Gasteiger partial charge on any atom is -0.464 e. The van der Waals surface area contributed by atoms with Crippen molar-refractivity contribution >= 4 is 22.6 Å². The molecule has 0 aliphatic heterocycles. The van der Waals surface area contributed by atoms with Gasteiger partial charge in [0.05, 0.1) is 12.7 Å². The topological polar surface area (TPSA) is 42.2 Å². The van der Waals surface area contributed by atoms with Gasteiger partial charge in [-0.15, -0.1) is 0 Å². The van der Waals surface area contributed by atoms with Crippen molar-refractivity contribution in [2.75, 3.05) is 5.32 Å². The third kappa shape index (κ3) is 3.14. The monoisotopic (exact) mass is 307 g/mol. The summed E-state index contributed by atoms with van der Waals surface area (Å²) < 4.78 is 5.66. The number of carbonyl (C=O) groups is 1. The highest BCUT2D eigenvalue weighted by atomic mass is 16.3. The van der Waals surface area contributed by atoms with Crippen LogP contribution in [-0.2, 0) is 17.6 Å². The average molecular weight is 307 g/mol. The van der Waals surface area contributed by atoms with Gasteiger partial charge in [0, 0.05) is 16.6 Å². The predicted octanol–water partition coefficient (Wildman–Crippen LogP) is 4.79. The van der Waals surface area contributed by atoms with Crippen molar-refractivity contribution in [3.05, 3.63) is 64.9 Å². The third-order valence-electron chi connectivity index (χ3n) is 4.34. The molecule has 0 saturated carbocycles. The molecule has 0 atom stereocenters. The third-order valence-corrected chi connectivity index (χ3v) is 4.34. The molecule has 3 aromatic rings. The second-order valence-corrected chi connectivity index (χ2v) is 5.92. The van der Waals surface area contributed by atoms with Gasteiger partial charge in [0.15, 0.2) is 0 Å². The van der Waals surface area contributed by atoms with Crippen molar-refractivity contribution < 1.29 is 9.21 Å². The Kier molecular flexibility index (Phi) is 4.20. The van der Waals surface area contributed by atoms with Crippen LogP contribution in [0.5, 0.6) is 0 Å². The van der Waals surface area contributed by atoms with E-state index in [0.717, 1.165) is 34.2 Å². The van der Waals surface area contributed by atoms with Crippen molar-refractivity contribution in [3.63, 3.8) is 0 Å². The molecule has 0 radical (unpaired) electrons. The second kappa shape index (κ2) is 6.29. The largest absolute Gasteiger partial charge is 0.464 e. The van der Waals surface area contributed by atoms with Crippen LogP contribution in [0.25, 0.3) is 11.0 Å². The van der Waals surface area contributed by atoms with E-state index in [4.69, 9.17) is 4.42 Å². The summed E-state index contributed by atoms with van der Waals surface area (Å²) >= 11 is 0. The van der Waals surface area contributed by atoms with Crippen LogP contribution in [0.1, 0.15) is 29.2 Å². The molecular formula is C20H21NO2. The fourth-order valence-electron chi connectivity index (χ4n) is 2.73. The number of aryl methyl sites for hydroxylation is 3. The molecule has 0 bridgehead atoms. The molecular weight excluding hydrogens is 286 g/mol. The van der Waals surface area contributed by atoms with Gasteiger partial charge in [0.2, 0.25) is 5.91 Å². The average Bonchev–Trinajstić information content (AvgIpc) is 2.95. The van der Waals surface area contributed by atoms with Gasteiger partial charge in [-0.1, -0.05) is 31.2 Å². The number of fused-ring (bicyclic) bond motifs is 1. The summed E-state index contributed by atoms with van der Waals surface area (Å²) in [5, 5.41) is 3.96. The van der Waals surface area contributed by atoms with Crippen molar-refractivity contribution in [1.82, 2.24) is 0 Å². The Bertz CT molecular complexity index is 844. The number of rotatable bonds is 4. The van der Waals surface area contributed by atoms with E-state index in [1.54, 1.807) is 6.26 Å². The first-order chi connectivity index (χ1) is 11.1. The van der Waals surface area contributed by atoms with Crippen molar-refractivity contribution in [2.45, 2.75) is 33.6 Å². The van der Waals surface area contributed by atoms with E-state index in [9.17, 15) is 4.79 Å². The van der Waals surface area contributed by atoms with Crippen molar-refractivity contribution in [1.29, 1.82) is 0 Å². The first-order valence-corrected chi connectivity index (χ1v) is 7.93. The number of hydrogen-bond acceptors (Lipinski definition) is 2. The zero-order valence-corrected chi connectivity index (χ0v) is 13.8. The maximum absolute atomic E-state index is 12.3. The number of anilines is 1. The summed E-state index contributed by atoms with van der Waals surface area (Å²) in [4.78, 5) is 12.3. The van der Waals surface area contributed by atoms with Gasteiger partial charge in [-0.05, 0) is 49.1 Å². The first kappa shape index (κ1) is 15.3. The molecule has 23 heavy (non-hydrogen) atoms. The smallest absolute Gasteiger partial charge is 0.228 e. The molecule has 0 unspecified atom stereocenters. The van der Waals surface area contributed by atoms with E-state index < -0.39 is 0 Å². The molecule has 0 fully saturated rings. The Morgan fingerprint density at radius 3 is 2.52 bits per heavy atom. The van der Waals surface area contributed by atoms with Crippen LogP contribution in [0.4, 0.5) is 5.69 Å². The number of amides is 1. The van der Waals surface area contributed by atoms with Crippen LogP contribution in [-0.4, -0.2) is 5.91 Å². The Morgan fingerprint density at radius 1 is 1.09 bits per heavy atom. The molecule has 1 aromatic heterocycles. The quantitative estimate of drug-likeness (QED) is 0.752. The lowest BCUT2D eigenvalue weighted by molar-refractivity contribution is -0.115. The molecule has 3 rings (SSSR count). The highest BCUT2D eigenvalue weighted by molar-refractivity contribution is 5.95. The molecule has 0 saturated heterocycles. The molecule has 0 spiro atoms. The van der Waals surface area contributed by atoms with Crippen LogP contribution >= 0.6 is 0 Å². The summed E-state index contributed by atoms with van der Waals surface area (Å²) in [6.07, 6.45) is 3.00. The number of furan rings is 1. The van der Waals surface area contributed by atoms with Crippen LogP contribution in [0.3, 0.4) is 0 Å². The van der Waals surface area contributed by atoms with Crippen molar-refractivity contribution in [3.8, 4) is 0 Å². The Morgan fingerprint density at radius 2 is 1.83 bits per heavy atom. The number of hydrogen-bond donors (Lipinski definition) is 1. The van der Waals surface area contributed by atoms with E-state index in [2.05, 4.69) is 25.2 Å². The van der Waals surface area contributed by atoms with Gasteiger partial charge in [-0.2, -0.15) is 0 Å². The molecule has 0 aliphatic rings. The van der Waals surface area contributed by atoms with E-state index in [1.165, 1.54) is 11.1 Å². The summed E-state index contributed by atoms with van der Waals surface area (Å²) in [6, 6.07) is 12.1. The zero-order valence-electron chi connectivity index (χ0n) is 13.8. The Balaban J connectivity index is 1.76. The Hall–Kier alpha value is -2.55. The minimum absolute atomic E-state index is 0.0322. The SMILES string of the molecule is CCc1ccc(NC(=O)Cc2coc3c(C)c(C)ccc23)cc1. The molecule has 118 valence electrons. The summed E-state index contributed by atoms with van der Waals surface area (Å²) in [7, 11) is 0. The van der Waals surface area contributed by atoms with E-state index in [0.29, 0.717) is 6.42 Å². The molecule has 3 nitrogen and oxygen atoms in total. The Labute approximate surface area is 136 Å². The van der Waals surface area contributed by atoms with Gasteiger partial charge in [-0.3, -0.25) is 4.79 Å². The first-order valence-electron chi connectivity index (χ1n) is 7.93. The van der Waals surface area contributed by atoms with Crippen LogP contribution < -0.4 is 5.32 Å². The summed E-state index contributed by atoms with van der Waals surface area (Å²) in [6.45, 7) is 6.21. The highest BCUT2D eigenvalue weighted by Crippen LogP contribution is 2.27. The zero-order chi connectivity index (χ0) is 16.4. The lowest BCUT2D eigenvalue weighted by atomic mass is 10.0. The van der Waals surface area contributed by atoms with E-state index in [-0.39, 0.29) is 5.91 Å². The standard InChI is InChI=1S/C20H21NO2/c1-4-15-6-8-17(9-7-15)21-19(22)11-16-12-23-20-14(3)13(2)5-10-18(16)20/h5-10,12H,4,11H2,1-3H3,(H,21,22). The summed E-state index contributed by atoms with van der Waals surface area (Å²) in [5.41, 5.74) is 6.20. The number of benzene rings is 2. The molecule has 1 N–H and O–H groups in total. The number of carbonyl (C=O) groups excluding carboxylic acids is 1. The van der Waals surface area contributed by atoms with Gasteiger partial charge in [0.1, 0.15) is 5.58 Å². The van der Waals surface area contributed by atoms with E-state index >= 15 is 0 Å². The molecule has 3 heteroatoms.